The standard InChI is InChI=1S/C8H13NO2S/c10-7-9-8(6-11-7)2-1-4-12-5-3-8/h1-6H2,(H,9,10). The van der Waals surface area contributed by atoms with Crippen LogP contribution in [-0.2, 0) is 4.74 Å². The maximum atomic E-state index is 10.9. The molecule has 2 saturated heterocycles. The van der Waals surface area contributed by atoms with Crippen molar-refractivity contribution in [3.8, 4) is 0 Å². The lowest BCUT2D eigenvalue weighted by Crippen LogP contribution is -2.43. The van der Waals surface area contributed by atoms with Gasteiger partial charge in [-0.05, 0) is 30.8 Å². The van der Waals surface area contributed by atoms with Crippen LogP contribution >= 0.6 is 11.8 Å². The predicted octanol–water partition coefficient (Wildman–Crippen LogP) is 1.38. The van der Waals surface area contributed by atoms with Gasteiger partial charge in [0, 0.05) is 0 Å². The lowest BCUT2D eigenvalue weighted by Gasteiger charge is -2.23. The van der Waals surface area contributed by atoms with E-state index in [1.165, 1.54) is 12.2 Å². The Kier molecular flexibility index (Phi) is 2.17. The van der Waals surface area contributed by atoms with Gasteiger partial charge in [0.25, 0.3) is 0 Å². The van der Waals surface area contributed by atoms with E-state index in [-0.39, 0.29) is 11.6 Å². The second-order valence-corrected chi connectivity index (χ2v) is 4.67. The molecule has 0 saturated carbocycles. The van der Waals surface area contributed by atoms with E-state index in [1.54, 1.807) is 0 Å². The zero-order chi connectivity index (χ0) is 8.44. The highest BCUT2D eigenvalue weighted by Crippen LogP contribution is 2.29. The third-order valence-corrected chi connectivity index (χ3v) is 3.59. The molecular formula is C8H13NO2S. The van der Waals surface area contributed by atoms with Crippen LogP contribution in [0.3, 0.4) is 0 Å². The summed E-state index contributed by atoms with van der Waals surface area (Å²) in [5.74, 6) is 2.36. The van der Waals surface area contributed by atoms with Crippen molar-refractivity contribution in [2.75, 3.05) is 18.1 Å². The smallest absolute Gasteiger partial charge is 0.407 e. The van der Waals surface area contributed by atoms with Crippen LogP contribution in [0.15, 0.2) is 0 Å². The predicted molar refractivity (Wildman–Crippen MR) is 48.4 cm³/mol. The van der Waals surface area contributed by atoms with E-state index in [0.717, 1.165) is 18.6 Å². The Morgan fingerprint density at radius 2 is 2.33 bits per heavy atom. The third-order valence-electron chi connectivity index (χ3n) is 2.52. The van der Waals surface area contributed by atoms with E-state index in [0.29, 0.717) is 6.61 Å². The SMILES string of the molecule is O=C1NC2(CCCSCC2)CO1. The van der Waals surface area contributed by atoms with E-state index < -0.39 is 0 Å². The molecule has 0 radical (unpaired) electrons. The summed E-state index contributed by atoms with van der Waals surface area (Å²) in [5, 5.41) is 2.93. The summed E-state index contributed by atoms with van der Waals surface area (Å²) in [6.45, 7) is 0.576. The molecule has 2 aliphatic heterocycles. The highest BCUT2D eigenvalue weighted by molar-refractivity contribution is 7.99. The van der Waals surface area contributed by atoms with Gasteiger partial charge < -0.3 is 10.1 Å². The lowest BCUT2D eigenvalue weighted by atomic mass is 9.93. The highest BCUT2D eigenvalue weighted by atomic mass is 32.2. The molecule has 1 amide bonds. The van der Waals surface area contributed by atoms with Crippen LogP contribution in [0, 0.1) is 0 Å². The summed E-state index contributed by atoms with van der Waals surface area (Å²) in [5.41, 5.74) is -0.0133. The molecule has 2 rings (SSSR count). The van der Waals surface area contributed by atoms with E-state index in [2.05, 4.69) is 5.32 Å². The van der Waals surface area contributed by atoms with Gasteiger partial charge in [0.15, 0.2) is 0 Å². The molecule has 1 atom stereocenters. The summed E-state index contributed by atoms with van der Waals surface area (Å²) >= 11 is 1.97. The minimum Gasteiger partial charge on any atom is -0.447 e. The van der Waals surface area contributed by atoms with Crippen LogP contribution in [-0.4, -0.2) is 29.7 Å². The number of amides is 1. The quantitative estimate of drug-likeness (QED) is 0.622. The Labute approximate surface area is 76.2 Å². The monoisotopic (exact) mass is 187 g/mol. The van der Waals surface area contributed by atoms with Crippen molar-refractivity contribution in [2.24, 2.45) is 0 Å². The Morgan fingerprint density at radius 1 is 1.42 bits per heavy atom. The van der Waals surface area contributed by atoms with Crippen LogP contribution in [0.2, 0.25) is 0 Å². The molecule has 4 heteroatoms. The fourth-order valence-corrected chi connectivity index (χ4v) is 2.86. The van der Waals surface area contributed by atoms with Crippen LogP contribution in [0.25, 0.3) is 0 Å². The molecule has 2 heterocycles. The normalized spacial score (nSPS) is 35.8. The fraction of sp³-hybridized carbons (Fsp3) is 0.875. The maximum Gasteiger partial charge on any atom is 0.407 e. The van der Waals surface area contributed by atoms with Crippen LogP contribution in [0.4, 0.5) is 4.79 Å². The molecule has 0 aliphatic carbocycles. The van der Waals surface area contributed by atoms with Crippen molar-refractivity contribution >= 4 is 17.9 Å². The minimum atomic E-state index is -0.234. The van der Waals surface area contributed by atoms with Crippen LogP contribution in [0.5, 0.6) is 0 Å². The first-order chi connectivity index (χ1) is 5.81. The van der Waals surface area contributed by atoms with Gasteiger partial charge >= 0.3 is 6.09 Å². The molecule has 12 heavy (non-hydrogen) atoms. The summed E-state index contributed by atoms with van der Waals surface area (Å²) in [6, 6.07) is 0. The number of cyclic esters (lactones) is 1. The van der Waals surface area contributed by atoms with E-state index >= 15 is 0 Å². The highest BCUT2D eigenvalue weighted by Gasteiger charge is 2.39. The van der Waals surface area contributed by atoms with Crippen LogP contribution < -0.4 is 5.32 Å². The van der Waals surface area contributed by atoms with E-state index in [4.69, 9.17) is 4.74 Å². The van der Waals surface area contributed by atoms with Crippen molar-refractivity contribution in [1.82, 2.24) is 5.32 Å². The minimum absolute atomic E-state index is 0.0133. The topological polar surface area (TPSA) is 38.3 Å². The summed E-state index contributed by atoms with van der Waals surface area (Å²) in [7, 11) is 0. The first-order valence-corrected chi connectivity index (χ1v) is 5.49. The third kappa shape index (κ3) is 1.53. The molecule has 0 aromatic rings. The molecule has 1 unspecified atom stereocenters. The zero-order valence-corrected chi connectivity index (χ0v) is 7.78. The van der Waals surface area contributed by atoms with Crippen molar-refractivity contribution in [2.45, 2.75) is 24.8 Å². The number of hydrogen-bond acceptors (Lipinski definition) is 3. The summed E-state index contributed by atoms with van der Waals surface area (Å²) in [4.78, 5) is 10.9. The molecule has 3 nitrogen and oxygen atoms in total. The average molecular weight is 187 g/mol. The molecule has 2 fully saturated rings. The van der Waals surface area contributed by atoms with Gasteiger partial charge in [-0.15, -0.1) is 0 Å². The summed E-state index contributed by atoms with van der Waals surface area (Å²) < 4.78 is 4.94. The number of ether oxygens (including phenoxy) is 1. The number of hydrogen-bond donors (Lipinski definition) is 1. The van der Waals surface area contributed by atoms with Gasteiger partial charge in [0.1, 0.15) is 6.61 Å². The molecule has 0 aromatic carbocycles. The van der Waals surface area contributed by atoms with Crippen molar-refractivity contribution < 1.29 is 9.53 Å². The van der Waals surface area contributed by atoms with Gasteiger partial charge in [-0.2, -0.15) is 11.8 Å². The lowest BCUT2D eigenvalue weighted by molar-refractivity contribution is 0.170. The molecule has 68 valence electrons. The van der Waals surface area contributed by atoms with Gasteiger partial charge in [-0.25, -0.2) is 4.79 Å². The molecule has 2 aliphatic rings. The molecule has 1 spiro atoms. The average Bonchev–Trinajstić information content (AvgIpc) is 2.30. The number of rotatable bonds is 0. The van der Waals surface area contributed by atoms with Gasteiger partial charge in [-0.1, -0.05) is 0 Å². The number of thioether (sulfide) groups is 1. The van der Waals surface area contributed by atoms with Crippen molar-refractivity contribution in [3.63, 3.8) is 0 Å². The molecule has 0 aromatic heterocycles. The van der Waals surface area contributed by atoms with Crippen LogP contribution in [0.1, 0.15) is 19.3 Å². The Balaban J connectivity index is 2.03. The van der Waals surface area contributed by atoms with Gasteiger partial charge in [0.05, 0.1) is 5.54 Å². The van der Waals surface area contributed by atoms with Gasteiger partial charge in [-0.3, -0.25) is 0 Å². The number of nitrogens with one attached hydrogen (secondary N) is 1. The second kappa shape index (κ2) is 3.17. The summed E-state index contributed by atoms with van der Waals surface area (Å²) in [6.07, 6.45) is 3.09. The van der Waals surface area contributed by atoms with Crippen molar-refractivity contribution in [1.29, 1.82) is 0 Å². The van der Waals surface area contributed by atoms with Crippen molar-refractivity contribution in [3.05, 3.63) is 0 Å². The fourth-order valence-electron chi connectivity index (χ4n) is 1.77. The Bertz CT molecular complexity index is 187. The largest absolute Gasteiger partial charge is 0.447 e. The Morgan fingerprint density at radius 3 is 3.08 bits per heavy atom. The molecule has 1 N–H and O–H groups in total. The Hall–Kier alpha value is -0.380. The first kappa shape index (κ1) is 8.23. The molecule has 0 bridgehead atoms. The first-order valence-electron chi connectivity index (χ1n) is 4.33. The van der Waals surface area contributed by atoms with E-state index in [1.807, 2.05) is 11.8 Å². The number of carbonyl (C=O) groups is 1. The van der Waals surface area contributed by atoms with E-state index in [9.17, 15) is 4.79 Å². The maximum absolute atomic E-state index is 10.9. The number of alkyl carbamates (subject to hydrolysis) is 1. The molecular weight excluding hydrogens is 174 g/mol. The zero-order valence-electron chi connectivity index (χ0n) is 6.97. The second-order valence-electron chi connectivity index (χ2n) is 3.45. The van der Waals surface area contributed by atoms with Gasteiger partial charge in [0.2, 0.25) is 0 Å². The number of carbonyl (C=O) groups excluding carboxylic acids is 1.